The molecule has 0 saturated carbocycles. The Morgan fingerprint density at radius 2 is 1.67 bits per heavy atom. The van der Waals surface area contributed by atoms with Crippen LogP contribution in [0.4, 0.5) is 11.4 Å². The summed E-state index contributed by atoms with van der Waals surface area (Å²) in [4.78, 5) is 46.6. The van der Waals surface area contributed by atoms with Crippen molar-refractivity contribution < 1.29 is 19.5 Å². The first-order chi connectivity index (χ1) is 19.9. The van der Waals surface area contributed by atoms with E-state index in [1.165, 1.54) is 4.90 Å². The summed E-state index contributed by atoms with van der Waals surface area (Å²) in [7, 11) is 3.37. The number of amides is 3. The van der Waals surface area contributed by atoms with Crippen molar-refractivity contribution in [1.29, 1.82) is 0 Å². The van der Waals surface area contributed by atoms with Crippen molar-refractivity contribution >= 4 is 34.8 Å². The molecule has 42 heavy (non-hydrogen) atoms. The average molecular weight is 570 g/mol. The van der Waals surface area contributed by atoms with Crippen molar-refractivity contribution in [2.75, 3.05) is 44.4 Å². The molecule has 3 amide bonds. The van der Waals surface area contributed by atoms with Crippen LogP contribution in [0.2, 0.25) is 0 Å². The Morgan fingerprint density at radius 1 is 1.02 bits per heavy atom. The quantitative estimate of drug-likeness (QED) is 0.374. The number of hydrogen-bond acceptors (Lipinski definition) is 6. The molecule has 0 saturated heterocycles. The largest absolute Gasteiger partial charge is 0.395 e. The summed E-state index contributed by atoms with van der Waals surface area (Å²) in [6.07, 6.45) is -0.416. The van der Waals surface area contributed by atoms with Gasteiger partial charge >= 0.3 is 0 Å². The van der Waals surface area contributed by atoms with E-state index in [1.54, 1.807) is 49.3 Å². The Kier molecular flexibility index (Phi) is 9.11. The zero-order valence-electron chi connectivity index (χ0n) is 25.1. The lowest BCUT2D eigenvalue weighted by Gasteiger charge is -2.30. The highest BCUT2D eigenvalue weighted by atomic mass is 16.3. The minimum Gasteiger partial charge on any atom is -0.395 e. The highest BCUT2D eigenvalue weighted by Gasteiger charge is 2.29. The molecular weight excluding hydrogens is 530 g/mol. The predicted octanol–water partition coefficient (Wildman–Crippen LogP) is 4.31. The van der Waals surface area contributed by atoms with Crippen LogP contribution in [0.1, 0.15) is 58.2 Å². The fourth-order valence-corrected chi connectivity index (χ4v) is 4.75. The maximum atomic E-state index is 13.2. The van der Waals surface area contributed by atoms with Crippen molar-refractivity contribution in [1.82, 2.24) is 9.80 Å². The third-order valence-corrected chi connectivity index (χ3v) is 7.38. The minimum absolute atomic E-state index is 0.00674. The van der Waals surface area contributed by atoms with E-state index in [-0.39, 0.29) is 36.3 Å². The van der Waals surface area contributed by atoms with E-state index in [0.717, 1.165) is 16.8 Å². The number of likely N-dealkylation sites (N-methyl/N-ethyl adjacent to an activating group) is 2. The number of carbonyl (C=O) groups is 3. The third kappa shape index (κ3) is 6.86. The van der Waals surface area contributed by atoms with Crippen LogP contribution in [0.5, 0.6) is 0 Å². The second kappa shape index (κ2) is 12.6. The van der Waals surface area contributed by atoms with Gasteiger partial charge in [-0.25, -0.2) is 0 Å². The summed E-state index contributed by atoms with van der Waals surface area (Å²) < 4.78 is 0. The molecule has 1 aliphatic heterocycles. The number of nitrogens with one attached hydrogen (secondary N) is 2. The Hall–Kier alpha value is -4.50. The molecule has 0 aromatic heterocycles. The smallest absolute Gasteiger partial charge is 0.272 e. The van der Waals surface area contributed by atoms with Gasteiger partial charge in [-0.2, -0.15) is 0 Å². The monoisotopic (exact) mass is 569 g/mol. The topological polar surface area (TPSA) is 114 Å². The van der Waals surface area contributed by atoms with Crippen molar-refractivity contribution in [3.8, 4) is 0 Å². The van der Waals surface area contributed by atoms with Gasteiger partial charge in [-0.15, -0.1) is 0 Å². The van der Waals surface area contributed by atoms with Crippen LogP contribution >= 0.6 is 0 Å². The molecular formula is C33H39N5O4. The van der Waals surface area contributed by atoms with Gasteiger partial charge in [-0.1, -0.05) is 45.0 Å². The van der Waals surface area contributed by atoms with Crippen LogP contribution in [0.15, 0.2) is 71.7 Å². The molecule has 0 radical (unpaired) electrons. The van der Waals surface area contributed by atoms with E-state index in [4.69, 9.17) is 10.1 Å². The van der Waals surface area contributed by atoms with Crippen molar-refractivity contribution in [3.05, 3.63) is 94.5 Å². The van der Waals surface area contributed by atoms with Gasteiger partial charge in [0.2, 0.25) is 0 Å². The van der Waals surface area contributed by atoms with Crippen LogP contribution in [-0.4, -0.2) is 78.3 Å². The number of aliphatic imine (C=N–C) groups is 1. The lowest BCUT2D eigenvalue weighted by atomic mass is 9.86. The summed E-state index contributed by atoms with van der Waals surface area (Å²) in [6.45, 7) is 8.77. The number of rotatable bonds is 8. The molecule has 0 spiro atoms. The highest BCUT2D eigenvalue weighted by Crippen LogP contribution is 2.25. The molecule has 1 heterocycles. The Bertz CT molecular complexity index is 1490. The van der Waals surface area contributed by atoms with Crippen LogP contribution < -0.4 is 10.6 Å². The summed E-state index contributed by atoms with van der Waals surface area (Å²) in [5.41, 5.74) is 5.26. The molecule has 220 valence electrons. The number of anilines is 2. The summed E-state index contributed by atoms with van der Waals surface area (Å²) in [5, 5.41) is 15.4. The van der Waals surface area contributed by atoms with Gasteiger partial charge in [0.1, 0.15) is 11.9 Å². The number of aliphatic hydroxyl groups excluding tert-OH is 1. The first-order valence-corrected chi connectivity index (χ1v) is 14.0. The molecule has 4 rings (SSSR count). The van der Waals surface area contributed by atoms with Gasteiger partial charge in [0.05, 0.1) is 13.2 Å². The number of aliphatic hydroxyl groups is 1. The van der Waals surface area contributed by atoms with Crippen molar-refractivity contribution in [2.24, 2.45) is 4.99 Å². The summed E-state index contributed by atoms with van der Waals surface area (Å²) >= 11 is 0. The maximum absolute atomic E-state index is 13.2. The van der Waals surface area contributed by atoms with Gasteiger partial charge in [0, 0.05) is 48.7 Å². The molecule has 0 fully saturated rings. The first kappa shape index (κ1) is 30.5. The minimum atomic E-state index is -0.416. The van der Waals surface area contributed by atoms with E-state index in [9.17, 15) is 14.4 Å². The molecule has 9 heteroatoms. The Morgan fingerprint density at radius 3 is 2.29 bits per heavy atom. The van der Waals surface area contributed by atoms with Gasteiger partial charge in [-0.3, -0.25) is 19.4 Å². The molecule has 0 bridgehead atoms. The van der Waals surface area contributed by atoms with E-state index >= 15 is 0 Å². The second-order valence-electron chi connectivity index (χ2n) is 11.6. The fourth-order valence-electron chi connectivity index (χ4n) is 4.75. The molecule has 3 aromatic carbocycles. The molecule has 1 aliphatic rings. The standard InChI is InChI=1S/C33H39N5O4/c1-21-26(8-7-9-27(21)35-30(40)22-10-14-24(15-11-22)33(2,3)4)29-32(42)38(6)20-28(36-29)34-25-16-12-23(13-17-25)31(41)37(5)18-19-39/h7-17,28,34,39H,18-20H2,1-6H3,(H,35,40)/t28-/m0/s1. The van der Waals surface area contributed by atoms with E-state index in [2.05, 4.69) is 31.4 Å². The highest BCUT2D eigenvalue weighted by molar-refractivity contribution is 6.46. The Balaban J connectivity index is 1.53. The van der Waals surface area contributed by atoms with Gasteiger partial charge in [0.25, 0.3) is 17.7 Å². The molecule has 0 unspecified atom stereocenters. The van der Waals surface area contributed by atoms with Gasteiger partial charge in [-0.05, 0) is 65.9 Å². The van der Waals surface area contributed by atoms with Crippen LogP contribution in [0.3, 0.4) is 0 Å². The molecule has 9 nitrogen and oxygen atoms in total. The second-order valence-corrected chi connectivity index (χ2v) is 11.6. The molecule has 1 atom stereocenters. The number of nitrogens with zero attached hydrogens (tertiary/aromatic N) is 3. The van der Waals surface area contributed by atoms with Crippen molar-refractivity contribution in [3.63, 3.8) is 0 Å². The fraction of sp³-hybridized carbons (Fsp3) is 0.333. The maximum Gasteiger partial charge on any atom is 0.272 e. The van der Waals surface area contributed by atoms with Gasteiger partial charge < -0.3 is 25.5 Å². The van der Waals surface area contributed by atoms with Crippen LogP contribution in [0.25, 0.3) is 0 Å². The molecule has 3 aromatic rings. The van der Waals surface area contributed by atoms with E-state index in [0.29, 0.717) is 34.6 Å². The summed E-state index contributed by atoms with van der Waals surface area (Å²) in [6, 6.07) is 20.1. The lowest BCUT2D eigenvalue weighted by Crippen LogP contribution is -2.46. The number of benzene rings is 3. The van der Waals surface area contributed by atoms with Gasteiger partial charge in [0.15, 0.2) is 0 Å². The first-order valence-electron chi connectivity index (χ1n) is 14.0. The predicted molar refractivity (Wildman–Crippen MR) is 166 cm³/mol. The summed E-state index contributed by atoms with van der Waals surface area (Å²) in [5.74, 6) is -0.609. The third-order valence-electron chi connectivity index (χ3n) is 7.38. The number of carbonyl (C=O) groups excluding carboxylic acids is 3. The normalized spacial score (nSPS) is 15.2. The number of hydrogen-bond donors (Lipinski definition) is 3. The molecule has 0 aliphatic carbocycles. The Labute approximate surface area is 247 Å². The SMILES string of the molecule is Cc1c(NC(=O)c2ccc(C(C)(C)C)cc2)cccc1C1=N[C@H](Nc2ccc(C(=O)N(C)CCO)cc2)CN(C)C1=O. The average Bonchev–Trinajstić information content (AvgIpc) is 2.96. The van der Waals surface area contributed by atoms with Crippen LogP contribution in [0, 0.1) is 6.92 Å². The zero-order chi connectivity index (χ0) is 30.6. The lowest BCUT2D eigenvalue weighted by molar-refractivity contribution is -0.123. The van der Waals surface area contributed by atoms with E-state index < -0.39 is 6.17 Å². The molecule has 3 N–H and O–H groups in total. The van der Waals surface area contributed by atoms with E-state index in [1.807, 2.05) is 43.3 Å². The zero-order valence-corrected chi connectivity index (χ0v) is 25.1. The van der Waals surface area contributed by atoms with Crippen molar-refractivity contribution in [2.45, 2.75) is 39.3 Å². The van der Waals surface area contributed by atoms with Crippen LogP contribution in [-0.2, 0) is 10.2 Å².